The second-order valence-electron chi connectivity index (χ2n) is 6.76. The van der Waals surface area contributed by atoms with Crippen LogP contribution in [0.25, 0.3) is 10.8 Å². The highest BCUT2D eigenvalue weighted by atomic mass is 16.2. The Labute approximate surface area is 174 Å². The number of hydrogen-bond acceptors (Lipinski definition) is 3. The average molecular weight is 396 g/mol. The summed E-state index contributed by atoms with van der Waals surface area (Å²) in [7, 11) is 0. The Morgan fingerprint density at radius 1 is 0.767 bits per heavy atom. The van der Waals surface area contributed by atoms with Crippen LogP contribution in [0.1, 0.15) is 15.9 Å². The minimum atomic E-state index is -0.327. The maximum absolute atomic E-state index is 12.5. The number of anilines is 2. The summed E-state index contributed by atoms with van der Waals surface area (Å²) in [5.41, 5.74) is 2.74. The predicted molar refractivity (Wildman–Crippen MR) is 118 cm³/mol. The number of amides is 3. The number of fused-ring (bicyclic) bond motifs is 1. The average Bonchev–Trinajstić information content (AvgIpc) is 2.79. The van der Waals surface area contributed by atoms with E-state index in [9.17, 15) is 9.59 Å². The lowest BCUT2D eigenvalue weighted by Gasteiger charge is -2.09. The van der Waals surface area contributed by atoms with Crippen LogP contribution in [0.15, 0.2) is 91.3 Å². The molecule has 1 heterocycles. The van der Waals surface area contributed by atoms with Gasteiger partial charge in [-0.3, -0.25) is 9.78 Å². The number of urea groups is 1. The molecule has 0 fully saturated rings. The first-order valence-electron chi connectivity index (χ1n) is 9.51. The summed E-state index contributed by atoms with van der Waals surface area (Å²) in [4.78, 5) is 28.6. The third kappa shape index (κ3) is 4.80. The number of carbonyl (C=O) groups excluding carboxylic acids is 2. The highest BCUT2D eigenvalue weighted by molar-refractivity contribution is 6.05. The third-order valence-corrected chi connectivity index (χ3v) is 4.59. The molecule has 1 aromatic heterocycles. The topological polar surface area (TPSA) is 83.1 Å². The van der Waals surface area contributed by atoms with E-state index in [0.29, 0.717) is 17.8 Å². The van der Waals surface area contributed by atoms with Gasteiger partial charge in [-0.25, -0.2) is 4.79 Å². The molecule has 0 unspecified atom stereocenters. The number of aromatic nitrogens is 1. The van der Waals surface area contributed by atoms with E-state index in [4.69, 9.17) is 0 Å². The van der Waals surface area contributed by atoms with Gasteiger partial charge in [0.25, 0.3) is 5.91 Å². The predicted octanol–water partition coefficient (Wildman–Crippen LogP) is 4.81. The lowest BCUT2D eigenvalue weighted by molar-refractivity contribution is 0.102. The summed E-state index contributed by atoms with van der Waals surface area (Å²) < 4.78 is 0. The largest absolute Gasteiger partial charge is 0.334 e. The molecule has 6 heteroatoms. The van der Waals surface area contributed by atoms with Gasteiger partial charge in [0, 0.05) is 35.9 Å². The highest BCUT2D eigenvalue weighted by Gasteiger charge is 2.08. The first-order valence-corrected chi connectivity index (χ1v) is 9.51. The fourth-order valence-corrected chi connectivity index (χ4v) is 3.04. The van der Waals surface area contributed by atoms with Gasteiger partial charge in [0.1, 0.15) is 0 Å². The van der Waals surface area contributed by atoms with Crippen LogP contribution in [0.4, 0.5) is 16.2 Å². The van der Waals surface area contributed by atoms with Gasteiger partial charge >= 0.3 is 6.03 Å². The number of nitrogens with zero attached hydrogens (tertiary/aromatic N) is 1. The molecule has 0 spiro atoms. The van der Waals surface area contributed by atoms with Gasteiger partial charge in [-0.2, -0.15) is 0 Å². The van der Waals surface area contributed by atoms with E-state index in [0.717, 1.165) is 22.0 Å². The number of rotatable bonds is 5. The smallest absolute Gasteiger partial charge is 0.319 e. The van der Waals surface area contributed by atoms with E-state index in [1.807, 2.05) is 54.6 Å². The maximum atomic E-state index is 12.5. The number of carbonyl (C=O) groups is 2. The zero-order valence-electron chi connectivity index (χ0n) is 16.1. The van der Waals surface area contributed by atoms with Gasteiger partial charge < -0.3 is 16.0 Å². The standard InChI is InChI=1S/C24H20N4O2/c29-23(27-22-12-7-18-5-1-2-6-20(18)14-22)19-8-10-21(11-9-19)28-24(30)26-16-17-4-3-13-25-15-17/h1-15H,16H2,(H,27,29)(H2,26,28,30). The molecule has 30 heavy (non-hydrogen) atoms. The van der Waals surface area contributed by atoms with Gasteiger partial charge in [-0.1, -0.05) is 36.4 Å². The van der Waals surface area contributed by atoms with Crippen molar-refractivity contribution in [3.05, 3.63) is 102 Å². The molecule has 3 aromatic carbocycles. The molecule has 3 amide bonds. The van der Waals surface area contributed by atoms with Crippen molar-refractivity contribution >= 4 is 34.1 Å². The van der Waals surface area contributed by atoms with Crippen LogP contribution < -0.4 is 16.0 Å². The second kappa shape index (κ2) is 8.87. The molecule has 0 aliphatic carbocycles. The molecule has 148 valence electrons. The van der Waals surface area contributed by atoms with E-state index in [2.05, 4.69) is 20.9 Å². The van der Waals surface area contributed by atoms with Gasteiger partial charge in [-0.05, 0) is 58.8 Å². The van der Waals surface area contributed by atoms with Crippen molar-refractivity contribution in [3.63, 3.8) is 0 Å². The van der Waals surface area contributed by atoms with Gasteiger partial charge in [0.05, 0.1) is 0 Å². The highest BCUT2D eigenvalue weighted by Crippen LogP contribution is 2.20. The molecule has 0 radical (unpaired) electrons. The van der Waals surface area contributed by atoms with Crippen LogP contribution in [-0.4, -0.2) is 16.9 Å². The molecule has 0 aliphatic rings. The van der Waals surface area contributed by atoms with Crippen molar-refractivity contribution in [1.29, 1.82) is 0 Å². The number of benzene rings is 3. The van der Waals surface area contributed by atoms with Crippen LogP contribution in [0.2, 0.25) is 0 Å². The quantitative estimate of drug-likeness (QED) is 0.453. The minimum absolute atomic E-state index is 0.210. The van der Waals surface area contributed by atoms with Crippen LogP contribution >= 0.6 is 0 Å². The zero-order valence-corrected chi connectivity index (χ0v) is 16.1. The summed E-state index contributed by atoms with van der Waals surface area (Å²) in [6, 6.07) is 23.9. The molecule has 0 atom stereocenters. The molecular weight excluding hydrogens is 376 g/mol. The first kappa shape index (κ1) is 19.1. The molecule has 6 nitrogen and oxygen atoms in total. The third-order valence-electron chi connectivity index (χ3n) is 4.59. The summed E-state index contributed by atoms with van der Waals surface area (Å²) in [6.07, 6.45) is 3.38. The van der Waals surface area contributed by atoms with Crippen molar-refractivity contribution in [1.82, 2.24) is 10.3 Å². The molecule has 0 bridgehead atoms. The van der Waals surface area contributed by atoms with Crippen LogP contribution in [-0.2, 0) is 6.54 Å². The summed E-state index contributed by atoms with van der Waals surface area (Å²) in [5, 5.41) is 10.6. The van der Waals surface area contributed by atoms with Crippen molar-refractivity contribution in [3.8, 4) is 0 Å². The second-order valence-corrected chi connectivity index (χ2v) is 6.76. The lowest BCUT2D eigenvalue weighted by Crippen LogP contribution is -2.28. The van der Waals surface area contributed by atoms with Gasteiger partial charge in [0.15, 0.2) is 0 Å². The van der Waals surface area contributed by atoms with Crippen molar-refractivity contribution < 1.29 is 9.59 Å². The summed E-state index contributed by atoms with van der Waals surface area (Å²) in [5.74, 6) is -0.210. The van der Waals surface area contributed by atoms with E-state index in [-0.39, 0.29) is 11.9 Å². The van der Waals surface area contributed by atoms with Crippen molar-refractivity contribution in [2.24, 2.45) is 0 Å². The summed E-state index contributed by atoms with van der Waals surface area (Å²) >= 11 is 0. The Hall–Kier alpha value is -4.19. The Balaban J connectivity index is 1.34. The summed E-state index contributed by atoms with van der Waals surface area (Å²) in [6.45, 7) is 0.381. The molecule has 0 saturated heterocycles. The van der Waals surface area contributed by atoms with Crippen molar-refractivity contribution in [2.45, 2.75) is 6.54 Å². The van der Waals surface area contributed by atoms with Crippen molar-refractivity contribution in [2.75, 3.05) is 10.6 Å². The molecular formula is C24H20N4O2. The molecule has 4 aromatic rings. The number of nitrogens with one attached hydrogen (secondary N) is 3. The Kier molecular flexibility index (Phi) is 5.66. The van der Waals surface area contributed by atoms with Gasteiger partial charge in [-0.15, -0.1) is 0 Å². The van der Waals surface area contributed by atoms with E-state index >= 15 is 0 Å². The fraction of sp³-hybridized carbons (Fsp3) is 0.0417. The van der Waals surface area contributed by atoms with Crippen LogP contribution in [0.3, 0.4) is 0 Å². The minimum Gasteiger partial charge on any atom is -0.334 e. The van der Waals surface area contributed by atoms with E-state index < -0.39 is 0 Å². The monoisotopic (exact) mass is 396 g/mol. The number of hydrogen-bond donors (Lipinski definition) is 3. The zero-order chi connectivity index (χ0) is 20.8. The number of pyridine rings is 1. The van der Waals surface area contributed by atoms with Gasteiger partial charge in [0.2, 0.25) is 0 Å². The SMILES string of the molecule is O=C(NCc1cccnc1)Nc1ccc(C(=O)Nc2ccc3ccccc3c2)cc1. The molecule has 3 N–H and O–H groups in total. The first-order chi connectivity index (χ1) is 14.7. The maximum Gasteiger partial charge on any atom is 0.319 e. The van der Waals surface area contributed by atoms with Crippen LogP contribution in [0.5, 0.6) is 0 Å². The molecule has 4 rings (SSSR count). The Bertz CT molecular complexity index is 1170. The van der Waals surface area contributed by atoms with E-state index in [1.165, 1.54) is 0 Å². The Morgan fingerprint density at radius 3 is 2.30 bits per heavy atom. The normalized spacial score (nSPS) is 10.4. The lowest BCUT2D eigenvalue weighted by atomic mass is 10.1. The fourth-order valence-electron chi connectivity index (χ4n) is 3.04. The molecule has 0 aliphatic heterocycles. The molecule has 0 saturated carbocycles. The Morgan fingerprint density at radius 2 is 1.53 bits per heavy atom. The van der Waals surface area contributed by atoms with E-state index in [1.54, 1.807) is 36.7 Å². The van der Waals surface area contributed by atoms with Crippen LogP contribution in [0, 0.1) is 0 Å².